The molecule has 0 aliphatic rings. The minimum atomic E-state index is -2.95. The molecule has 0 aromatic carbocycles. The van der Waals surface area contributed by atoms with Crippen molar-refractivity contribution in [1.29, 1.82) is 0 Å². The van der Waals surface area contributed by atoms with Gasteiger partial charge in [0.05, 0.1) is 0 Å². The molecule has 6 nitrogen and oxygen atoms in total. The van der Waals surface area contributed by atoms with E-state index in [1.165, 1.54) is 0 Å². The Balaban J connectivity index is -0.000000245. The van der Waals surface area contributed by atoms with Crippen molar-refractivity contribution in [3.05, 3.63) is 0 Å². The Kier molecular flexibility index (Phi) is 20.1. The van der Waals surface area contributed by atoms with Crippen LogP contribution in [0.4, 0.5) is 0 Å². The van der Waals surface area contributed by atoms with Gasteiger partial charge in [-0.25, -0.2) is 8.42 Å². The Morgan fingerprint density at radius 3 is 1.20 bits per heavy atom. The van der Waals surface area contributed by atoms with Gasteiger partial charge in [-0.1, -0.05) is 0 Å². The van der Waals surface area contributed by atoms with Crippen molar-refractivity contribution < 1.29 is 85.3 Å². The summed E-state index contributed by atoms with van der Waals surface area (Å²) < 4.78 is 43.3. The molecule has 0 heterocycles. The Bertz CT molecular complexity index is 98.3. The number of hydrogen-bond donors (Lipinski definition) is 0. The molecule has 10 heavy (non-hydrogen) atoms. The Morgan fingerprint density at radius 2 is 1.10 bits per heavy atom. The minimum Gasteiger partial charge on any atom is -0.747 e. The summed E-state index contributed by atoms with van der Waals surface area (Å²) >= 11 is -5.90. The van der Waals surface area contributed by atoms with E-state index in [-0.39, 0.29) is 59.1 Å². The van der Waals surface area contributed by atoms with Gasteiger partial charge in [0, 0.05) is 0 Å². The molecule has 0 spiro atoms. The molecule has 0 bridgehead atoms. The van der Waals surface area contributed by atoms with Crippen LogP contribution in [0.2, 0.25) is 0 Å². The van der Waals surface area contributed by atoms with Gasteiger partial charge in [-0.15, -0.1) is 8.67 Å². The third kappa shape index (κ3) is 16.6. The number of rotatable bonds is 3. The molecule has 10 heteroatoms. The maximum absolute atomic E-state index is 9.28. The van der Waals surface area contributed by atoms with Crippen LogP contribution in [0.15, 0.2) is 0 Å². The molecule has 2 atom stereocenters. The van der Waals surface area contributed by atoms with E-state index in [1.807, 2.05) is 0 Å². The zero-order valence-corrected chi connectivity index (χ0v) is 10.9. The predicted molar refractivity (Wildman–Crippen MR) is 20.0 cm³/mol. The zero-order chi connectivity index (χ0) is 6.57. The molecule has 50 valence electrons. The molecule has 0 aromatic rings. The predicted octanol–water partition coefficient (Wildman–Crippen LogP) is -7.47. The average Bonchev–Trinajstić information content (AvgIpc) is 1.61. The third-order valence-corrected chi connectivity index (χ3v) is 0.583. The van der Waals surface area contributed by atoms with Gasteiger partial charge in [-0.2, -0.15) is 0 Å². The first kappa shape index (κ1) is 18.0. The maximum atomic E-state index is 9.28. The first-order chi connectivity index (χ1) is 3.63. The molecule has 0 fully saturated rings. The molecular formula is Na2O6S2. The topological polar surface area (TPSA) is 98.7 Å². The summed E-state index contributed by atoms with van der Waals surface area (Å²) in [7, 11) is 0. The second kappa shape index (κ2) is 11.1. The minimum absolute atomic E-state index is 0. The van der Waals surface area contributed by atoms with Crippen molar-refractivity contribution in [2.24, 2.45) is 0 Å². The summed E-state index contributed by atoms with van der Waals surface area (Å²) in [6.45, 7) is 0. The van der Waals surface area contributed by atoms with Crippen molar-refractivity contribution in [1.82, 2.24) is 0 Å². The summed E-state index contributed by atoms with van der Waals surface area (Å²) in [5.74, 6) is 0. The fourth-order valence-electron chi connectivity index (χ4n) is 0.0454. The van der Waals surface area contributed by atoms with Crippen molar-refractivity contribution in [3.63, 3.8) is 0 Å². The molecule has 0 saturated carbocycles. The Hall–Kier alpha value is 2.14. The summed E-state index contributed by atoms with van der Waals surface area (Å²) in [4.78, 5) is 0. The van der Waals surface area contributed by atoms with E-state index in [0.717, 1.165) is 0 Å². The fourth-order valence-corrected chi connectivity index (χ4v) is 0.408. The zero-order valence-electron chi connectivity index (χ0n) is 5.27. The van der Waals surface area contributed by atoms with Gasteiger partial charge in [0.25, 0.3) is 0 Å². The van der Waals surface area contributed by atoms with Gasteiger partial charge in [-0.05, 0) is 0 Å². The number of hydrogen-bond acceptors (Lipinski definition) is 6. The monoisotopic (exact) mass is 206 g/mol. The molecule has 0 saturated heterocycles. The van der Waals surface area contributed by atoms with Crippen LogP contribution in [-0.2, 0) is 31.4 Å². The maximum Gasteiger partial charge on any atom is 1.00 e. The summed E-state index contributed by atoms with van der Waals surface area (Å²) in [5, 5.41) is 0. The molecule has 0 radical (unpaired) electrons. The summed E-state index contributed by atoms with van der Waals surface area (Å²) in [5.41, 5.74) is 0. The van der Waals surface area contributed by atoms with Gasteiger partial charge in [0.2, 0.25) is 0 Å². The van der Waals surface area contributed by atoms with Crippen LogP contribution in [-0.4, -0.2) is 17.5 Å². The molecule has 2 unspecified atom stereocenters. The van der Waals surface area contributed by atoms with Crippen LogP contribution >= 0.6 is 0 Å². The van der Waals surface area contributed by atoms with Crippen LogP contribution in [0.5, 0.6) is 0 Å². The largest absolute Gasteiger partial charge is 1.00 e. The van der Waals surface area contributed by atoms with Crippen LogP contribution < -0.4 is 59.1 Å². The van der Waals surface area contributed by atoms with Gasteiger partial charge in [-0.3, -0.25) is 0 Å². The molecule has 0 aliphatic heterocycles. The van der Waals surface area contributed by atoms with Crippen molar-refractivity contribution >= 4 is 22.7 Å². The Labute approximate surface area is 107 Å². The van der Waals surface area contributed by atoms with Crippen molar-refractivity contribution in [3.8, 4) is 0 Å². The second-order valence-electron chi connectivity index (χ2n) is 0.544. The smallest absolute Gasteiger partial charge is 0.747 e. The van der Waals surface area contributed by atoms with E-state index in [4.69, 9.17) is 0 Å². The van der Waals surface area contributed by atoms with E-state index in [2.05, 4.69) is 8.67 Å². The van der Waals surface area contributed by atoms with Gasteiger partial charge in [0.1, 0.15) is 22.7 Å². The van der Waals surface area contributed by atoms with E-state index in [9.17, 15) is 17.5 Å². The van der Waals surface area contributed by atoms with Gasteiger partial charge in [0.15, 0.2) is 0 Å². The molecule has 0 amide bonds. The summed E-state index contributed by atoms with van der Waals surface area (Å²) in [6, 6.07) is 0. The fraction of sp³-hybridized carbons (Fsp3) is 0. The molecular weight excluding hydrogens is 206 g/mol. The van der Waals surface area contributed by atoms with Gasteiger partial charge < -0.3 is 9.11 Å². The second-order valence-corrected chi connectivity index (χ2v) is 1.63. The van der Waals surface area contributed by atoms with Crippen LogP contribution in [0.1, 0.15) is 0 Å². The standard InChI is InChI=1S/2Na.H2O6S2/c;;1-7(2)5-6-8(3)4/h;;(H,1,2)(H,3,4)/q2*+1;/p-2. The SMILES string of the molecule is O=S([O-])OOS(=O)[O-].[Na+].[Na+]. The van der Waals surface area contributed by atoms with E-state index in [0.29, 0.717) is 0 Å². The van der Waals surface area contributed by atoms with Crippen LogP contribution in [0, 0.1) is 0 Å². The van der Waals surface area contributed by atoms with Gasteiger partial charge >= 0.3 is 59.1 Å². The average molecular weight is 206 g/mol. The normalized spacial score (nSPS) is 14.2. The molecule has 0 rings (SSSR count). The van der Waals surface area contributed by atoms with Crippen molar-refractivity contribution in [2.75, 3.05) is 0 Å². The van der Waals surface area contributed by atoms with E-state index >= 15 is 0 Å². The quantitative estimate of drug-likeness (QED) is 0.197. The van der Waals surface area contributed by atoms with Crippen LogP contribution in [0.25, 0.3) is 0 Å². The van der Waals surface area contributed by atoms with E-state index in [1.54, 1.807) is 0 Å². The molecule has 0 aromatic heterocycles. The first-order valence-electron chi connectivity index (χ1n) is 1.17. The van der Waals surface area contributed by atoms with E-state index < -0.39 is 22.7 Å². The summed E-state index contributed by atoms with van der Waals surface area (Å²) in [6.07, 6.45) is 0. The molecule has 0 N–H and O–H groups in total. The van der Waals surface area contributed by atoms with Crippen LogP contribution in [0.3, 0.4) is 0 Å². The Morgan fingerprint density at radius 1 is 0.900 bits per heavy atom. The third-order valence-electron chi connectivity index (χ3n) is 0.139. The molecule has 0 aliphatic carbocycles. The van der Waals surface area contributed by atoms with Crippen molar-refractivity contribution in [2.45, 2.75) is 0 Å². The first-order valence-corrected chi connectivity index (χ1v) is 3.17.